The number of carbonyl (C=O) groups is 5. The van der Waals surface area contributed by atoms with E-state index in [2.05, 4.69) is 15.6 Å². The van der Waals surface area contributed by atoms with E-state index in [1.165, 1.54) is 6.92 Å². The standard InChI is InChI=1S/C22H29N5O9/c1-10(29)18(21(34)26-16(9-28)20(33)25-15(22(35)36)7-17(30)31)27-19(32)13(23)6-11-8-24-14-5-3-2-4-12(11)14/h2-5,8,10,13,15-16,18,24,28-29H,6-7,9,23H2,1H3,(H,25,33)(H,26,34)(H,27,32)(H,30,31)(H,35,36). The van der Waals surface area contributed by atoms with Gasteiger partial charge in [0.25, 0.3) is 0 Å². The lowest BCUT2D eigenvalue weighted by atomic mass is 10.0. The van der Waals surface area contributed by atoms with E-state index in [-0.39, 0.29) is 6.42 Å². The van der Waals surface area contributed by atoms with E-state index in [4.69, 9.17) is 15.9 Å². The average Bonchev–Trinajstić information content (AvgIpc) is 3.22. The van der Waals surface area contributed by atoms with Gasteiger partial charge in [0, 0.05) is 17.1 Å². The maximum Gasteiger partial charge on any atom is 0.326 e. The van der Waals surface area contributed by atoms with Gasteiger partial charge in [-0.15, -0.1) is 0 Å². The van der Waals surface area contributed by atoms with Gasteiger partial charge in [-0.05, 0) is 25.0 Å². The fourth-order valence-electron chi connectivity index (χ4n) is 3.40. The van der Waals surface area contributed by atoms with Crippen molar-refractivity contribution < 1.29 is 44.4 Å². The first kappa shape index (κ1) is 28.2. The number of hydrogen-bond acceptors (Lipinski definition) is 8. The first-order chi connectivity index (χ1) is 16.9. The Kier molecular flexibility index (Phi) is 9.90. The van der Waals surface area contributed by atoms with Crippen LogP contribution in [-0.4, -0.2) is 91.9 Å². The number of carboxylic acids is 2. The third-order valence-electron chi connectivity index (χ3n) is 5.32. The van der Waals surface area contributed by atoms with Gasteiger partial charge in [0.2, 0.25) is 17.7 Å². The molecule has 5 atom stereocenters. The van der Waals surface area contributed by atoms with Crippen LogP contribution in [0.3, 0.4) is 0 Å². The summed E-state index contributed by atoms with van der Waals surface area (Å²) < 4.78 is 0. The Morgan fingerprint density at radius 1 is 0.972 bits per heavy atom. The number of carboxylic acid groups (broad SMARTS) is 2. The maximum absolute atomic E-state index is 12.7. The normalized spacial score (nSPS) is 15.2. The van der Waals surface area contributed by atoms with Crippen molar-refractivity contribution in [1.29, 1.82) is 0 Å². The molecule has 36 heavy (non-hydrogen) atoms. The molecule has 0 aliphatic carbocycles. The Morgan fingerprint density at radius 3 is 2.19 bits per heavy atom. The number of nitrogens with one attached hydrogen (secondary N) is 4. The molecule has 1 heterocycles. The highest BCUT2D eigenvalue weighted by Gasteiger charge is 2.32. The van der Waals surface area contributed by atoms with Crippen LogP contribution in [0.25, 0.3) is 10.9 Å². The van der Waals surface area contributed by atoms with E-state index in [1.807, 2.05) is 29.6 Å². The molecule has 0 aliphatic rings. The molecule has 0 radical (unpaired) electrons. The lowest BCUT2D eigenvalue weighted by Crippen LogP contribution is -2.60. The number of H-pyrrole nitrogens is 1. The average molecular weight is 508 g/mol. The van der Waals surface area contributed by atoms with Gasteiger partial charge in [0.1, 0.15) is 18.1 Å². The summed E-state index contributed by atoms with van der Waals surface area (Å²) in [5.74, 6) is -6.12. The number of nitrogens with two attached hydrogens (primary N) is 1. The molecule has 196 valence electrons. The van der Waals surface area contributed by atoms with Gasteiger partial charge in [0.15, 0.2) is 0 Å². The van der Waals surface area contributed by atoms with Crippen LogP contribution < -0.4 is 21.7 Å². The van der Waals surface area contributed by atoms with Gasteiger partial charge >= 0.3 is 11.9 Å². The predicted molar refractivity (Wildman–Crippen MR) is 124 cm³/mol. The zero-order valence-corrected chi connectivity index (χ0v) is 19.3. The fourth-order valence-corrected chi connectivity index (χ4v) is 3.40. The van der Waals surface area contributed by atoms with Gasteiger partial charge in [-0.2, -0.15) is 0 Å². The number of hydrogen-bond donors (Lipinski definition) is 9. The Balaban J connectivity index is 2.04. The molecule has 0 saturated heterocycles. The smallest absolute Gasteiger partial charge is 0.326 e. The van der Waals surface area contributed by atoms with Crippen LogP contribution in [0.15, 0.2) is 30.5 Å². The number of carbonyl (C=O) groups excluding carboxylic acids is 3. The van der Waals surface area contributed by atoms with Crippen molar-refractivity contribution in [1.82, 2.24) is 20.9 Å². The molecule has 0 fully saturated rings. The zero-order valence-electron chi connectivity index (χ0n) is 19.3. The number of benzene rings is 1. The van der Waals surface area contributed by atoms with E-state index in [0.717, 1.165) is 16.5 Å². The van der Waals surface area contributed by atoms with E-state index in [1.54, 1.807) is 6.20 Å². The van der Waals surface area contributed by atoms with Gasteiger partial charge in [-0.25, -0.2) is 4.79 Å². The van der Waals surface area contributed by atoms with Crippen molar-refractivity contribution in [3.05, 3.63) is 36.0 Å². The Morgan fingerprint density at radius 2 is 1.61 bits per heavy atom. The van der Waals surface area contributed by atoms with E-state index < -0.39 is 73.0 Å². The number of aliphatic carboxylic acids is 2. The molecule has 10 N–H and O–H groups in total. The minimum Gasteiger partial charge on any atom is -0.481 e. The lowest BCUT2D eigenvalue weighted by molar-refractivity contribution is -0.147. The van der Waals surface area contributed by atoms with E-state index in [0.29, 0.717) is 0 Å². The molecule has 14 nitrogen and oxygen atoms in total. The van der Waals surface area contributed by atoms with Crippen LogP contribution >= 0.6 is 0 Å². The summed E-state index contributed by atoms with van der Waals surface area (Å²) in [6.07, 6.45) is -0.550. The molecule has 1 aromatic carbocycles. The number of aliphatic hydroxyl groups excluding tert-OH is 2. The third-order valence-corrected chi connectivity index (χ3v) is 5.32. The monoisotopic (exact) mass is 507 g/mol. The zero-order chi connectivity index (χ0) is 27.0. The summed E-state index contributed by atoms with van der Waals surface area (Å²) in [5, 5.41) is 44.5. The molecule has 5 unspecified atom stereocenters. The van der Waals surface area contributed by atoms with Gasteiger partial charge in [0.05, 0.1) is 25.2 Å². The van der Waals surface area contributed by atoms with E-state index >= 15 is 0 Å². The molecule has 3 amide bonds. The van der Waals surface area contributed by atoms with Crippen molar-refractivity contribution in [2.45, 2.75) is 50.0 Å². The third kappa shape index (κ3) is 7.49. The number of aliphatic hydroxyl groups is 2. The quantitative estimate of drug-likeness (QED) is 0.137. The van der Waals surface area contributed by atoms with Crippen molar-refractivity contribution in [2.24, 2.45) is 5.73 Å². The number of para-hydroxylation sites is 1. The molecular weight excluding hydrogens is 478 g/mol. The largest absolute Gasteiger partial charge is 0.481 e. The highest BCUT2D eigenvalue weighted by atomic mass is 16.4. The molecule has 0 spiro atoms. The highest BCUT2D eigenvalue weighted by Crippen LogP contribution is 2.18. The molecule has 2 rings (SSSR count). The Bertz CT molecular complexity index is 1120. The topological polar surface area (TPSA) is 244 Å². The molecule has 0 saturated carbocycles. The summed E-state index contributed by atoms with van der Waals surface area (Å²) in [6, 6.07) is 1.21. The van der Waals surface area contributed by atoms with Crippen molar-refractivity contribution in [2.75, 3.05) is 6.61 Å². The maximum atomic E-state index is 12.7. The second-order valence-corrected chi connectivity index (χ2v) is 8.14. The summed E-state index contributed by atoms with van der Waals surface area (Å²) in [6.45, 7) is 0.231. The second-order valence-electron chi connectivity index (χ2n) is 8.14. The minimum absolute atomic E-state index is 0.117. The number of aromatic amines is 1. The number of fused-ring (bicyclic) bond motifs is 1. The van der Waals surface area contributed by atoms with Gasteiger partial charge < -0.3 is 47.1 Å². The van der Waals surface area contributed by atoms with Gasteiger partial charge in [-0.3, -0.25) is 19.2 Å². The second kappa shape index (κ2) is 12.6. The molecule has 14 heteroatoms. The fraction of sp³-hybridized carbons (Fsp3) is 0.409. The van der Waals surface area contributed by atoms with Crippen LogP contribution in [0.1, 0.15) is 18.9 Å². The first-order valence-electron chi connectivity index (χ1n) is 10.9. The van der Waals surface area contributed by atoms with Crippen LogP contribution in [0.2, 0.25) is 0 Å². The lowest BCUT2D eigenvalue weighted by Gasteiger charge is -2.25. The number of aromatic nitrogens is 1. The number of amides is 3. The molecule has 1 aromatic heterocycles. The van der Waals surface area contributed by atoms with Crippen LogP contribution in [-0.2, 0) is 30.4 Å². The van der Waals surface area contributed by atoms with Crippen molar-refractivity contribution >= 4 is 40.6 Å². The molecule has 0 aliphatic heterocycles. The van der Waals surface area contributed by atoms with Gasteiger partial charge in [-0.1, -0.05) is 18.2 Å². The van der Waals surface area contributed by atoms with Crippen LogP contribution in [0.4, 0.5) is 0 Å². The van der Waals surface area contributed by atoms with Crippen LogP contribution in [0.5, 0.6) is 0 Å². The SMILES string of the molecule is CC(O)C(NC(=O)C(N)Cc1c[nH]c2ccccc12)C(=O)NC(CO)C(=O)NC(CC(=O)O)C(=O)O. The first-order valence-corrected chi connectivity index (χ1v) is 10.9. The summed E-state index contributed by atoms with van der Waals surface area (Å²) >= 11 is 0. The molecule has 2 aromatic rings. The Labute approximate surface area is 204 Å². The van der Waals surface area contributed by atoms with Crippen LogP contribution in [0, 0.1) is 0 Å². The summed E-state index contributed by atoms with van der Waals surface area (Å²) in [7, 11) is 0. The van der Waals surface area contributed by atoms with E-state index in [9.17, 15) is 34.2 Å². The number of rotatable bonds is 13. The van der Waals surface area contributed by atoms with Crippen molar-refractivity contribution in [3.63, 3.8) is 0 Å². The minimum atomic E-state index is -1.81. The molecule has 0 bridgehead atoms. The highest BCUT2D eigenvalue weighted by molar-refractivity contribution is 5.95. The molecular formula is C22H29N5O9. The predicted octanol–water partition coefficient (Wildman–Crippen LogP) is -2.58. The Hall–Kier alpha value is -4.01. The summed E-state index contributed by atoms with van der Waals surface area (Å²) in [4.78, 5) is 62.6. The summed E-state index contributed by atoms with van der Waals surface area (Å²) in [5.41, 5.74) is 7.61. The van der Waals surface area contributed by atoms with Crippen molar-refractivity contribution in [3.8, 4) is 0 Å².